The number of sulfonamides is 1. The molecule has 6 nitrogen and oxygen atoms in total. The molecule has 0 atom stereocenters. The summed E-state index contributed by atoms with van der Waals surface area (Å²) >= 11 is 0. The number of ether oxygens (including phenoxy) is 1. The average Bonchev–Trinajstić information content (AvgIpc) is 2.62. The third-order valence-corrected chi connectivity index (χ3v) is 7.38. The number of β-lactam (4-membered cyclic amide) rings is 1. The van der Waals surface area contributed by atoms with Crippen molar-refractivity contribution in [3.63, 3.8) is 0 Å². The molecule has 0 N–H and O–H groups in total. The number of carbonyl (C=O) groups is 1. The molecule has 2 saturated heterocycles. The van der Waals surface area contributed by atoms with Crippen LogP contribution in [0.2, 0.25) is 0 Å². The van der Waals surface area contributed by atoms with Crippen LogP contribution in [0.3, 0.4) is 0 Å². The molecule has 138 valence electrons. The SMILES string of the molecule is CCCS(=O)(=O)N1CCC2(CC1)CN(Cc1ccc(OC)cc1)C2=O. The van der Waals surface area contributed by atoms with Crippen LogP contribution in [0.4, 0.5) is 0 Å². The van der Waals surface area contributed by atoms with Crippen molar-refractivity contribution >= 4 is 15.9 Å². The summed E-state index contributed by atoms with van der Waals surface area (Å²) in [6, 6.07) is 7.73. The van der Waals surface area contributed by atoms with E-state index in [4.69, 9.17) is 4.74 Å². The van der Waals surface area contributed by atoms with E-state index in [0.29, 0.717) is 38.9 Å². The molecule has 1 aromatic carbocycles. The van der Waals surface area contributed by atoms with Gasteiger partial charge in [-0.2, -0.15) is 0 Å². The lowest BCUT2D eigenvalue weighted by Gasteiger charge is -2.52. The largest absolute Gasteiger partial charge is 0.497 e. The minimum Gasteiger partial charge on any atom is -0.497 e. The first-order chi connectivity index (χ1) is 11.9. The molecule has 2 fully saturated rings. The lowest BCUT2D eigenvalue weighted by atomic mass is 9.71. The smallest absolute Gasteiger partial charge is 0.231 e. The Bertz CT molecular complexity index is 722. The fraction of sp³-hybridized carbons (Fsp3) is 0.611. The maximum atomic E-state index is 12.7. The second-order valence-electron chi connectivity index (χ2n) is 7.00. The van der Waals surface area contributed by atoms with Crippen molar-refractivity contribution in [2.24, 2.45) is 5.41 Å². The number of rotatable bonds is 6. The summed E-state index contributed by atoms with van der Waals surface area (Å²) in [4.78, 5) is 14.5. The normalized spacial score (nSPS) is 20.6. The van der Waals surface area contributed by atoms with Gasteiger partial charge in [0.25, 0.3) is 0 Å². The molecule has 1 spiro atoms. The number of hydrogen-bond acceptors (Lipinski definition) is 4. The second-order valence-corrected chi connectivity index (χ2v) is 9.09. The Morgan fingerprint density at radius 3 is 2.32 bits per heavy atom. The molecule has 0 unspecified atom stereocenters. The Morgan fingerprint density at radius 1 is 1.16 bits per heavy atom. The lowest BCUT2D eigenvalue weighted by Crippen LogP contribution is -2.64. The Morgan fingerprint density at radius 2 is 1.80 bits per heavy atom. The van der Waals surface area contributed by atoms with E-state index in [2.05, 4.69) is 0 Å². The van der Waals surface area contributed by atoms with E-state index in [1.807, 2.05) is 36.1 Å². The predicted octanol–water partition coefficient (Wildman–Crippen LogP) is 1.86. The first-order valence-electron chi connectivity index (χ1n) is 8.80. The topological polar surface area (TPSA) is 66.9 Å². The van der Waals surface area contributed by atoms with Gasteiger partial charge in [-0.25, -0.2) is 12.7 Å². The predicted molar refractivity (Wildman–Crippen MR) is 95.7 cm³/mol. The molecule has 0 aliphatic carbocycles. The van der Waals surface area contributed by atoms with Gasteiger partial charge in [-0.05, 0) is 37.0 Å². The van der Waals surface area contributed by atoms with Crippen LogP contribution in [0.25, 0.3) is 0 Å². The highest BCUT2D eigenvalue weighted by molar-refractivity contribution is 7.89. The standard InChI is InChI=1S/C18H26N2O4S/c1-3-12-25(22,23)20-10-8-18(9-11-20)14-19(17(18)21)13-15-4-6-16(24-2)7-5-15/h4-7H,3,8-14H2,1-2H3. The second kappa shape index (κ2) is 6.96. The fourth-order valence-electron chi connectivity index (χ4n) is 3.78. The molecule has 2 aliphatic heterocycles. The van der Waals surface area contributed by atoms with Crippen LogP contribution in [-0.2, 0) is 21.4 Å². The number of amides is 1. The van der Waals surface area contributed by atoms with Gasteiger partial charge < -0.3 is 9.64 Å². The molecule has 0 radical (unpaired) electrons. The minimum absolute atomic E-state index is 0.163. The van der Waals surface area contributed by atoms with Crippen LogP contribution in [0, 0.1) is 5.41 Å². The first kappa shape index (κ1) is 18.2. The third-order valence-electron chi connectivity index (χ3n) is 5.30. The summed E-state index contributed by atoms with van der Waals surface area (Å²) in [7, 11) is -1.53. The van der Waals surface area contributed by atoms with Crippen molar-refractivity contribution in [1.82, 2.24) is 9.21 Å². The average molecular weight is 366 g/mol. The zero-order chi connectivity index (χ0) is 18.1. The number of methoxy groups -OCH3 is 1. The monoisotopic (exact) mass is 366 g/mol. The molecule has 0 bridgehead atoms. The van der Waals surface area contributed by atoms with E-state index in [1.54, 1.807) is 11.4 Å². The van der Waals surface area contributed by atoms with Crippen molar-refractivity contribution in [2.45, 2.75) is 32.7 Å². The van der Waals surface area contributed by atoms with Gasteiger partial charge in [-0.3, -0.25) is 4.79 Å². The van der Waals surface area contributed by atoms with Gasteiger partial charge >= 0.3 is 0 Å². The quantitative estimate of drug-likeness (QED) is 0.721. The van der Waals surface area contributed by atoms with Gasteiger partial charge in [-0.1, -0.05) is 19.1 Å². The van der Waals surface area contributed by atoms with Gasteiger partial charge in [0.1, 0.15) is 5.75 Å². The molecule has 3 rings (SSSR count). The van der Waals surface area contributed by atoms with Gasteiger partial charge in [0.05, 0.1) is 18.3 Å². The highest BCUT2D eigenvalue weighted by atomic mass is 32.2. The maximum absolute atomic E-state index is 12.7. The Kier molecular flexibility index (Phi) is 5.06. The summed E-state index contributed by atoms with van der Waals surface area (Å²) in [5.74, 6) is 1.16. The zero-order valence-electron chi connectivity index (χ0n) is 14.9. The van der Waals surface area contributed by atoms with E-state index in [-0.39, 0.29) is 17.1 Å². The van der Waals surface area contributed by atoms with E-state index in [1.165, 1.54) is 0 Å². The highest BCUT2D eigenvalue weighted by Crippen LogP contribution is 2.43. The number of piperidine rings is 1. The van der Waals surface area contributed by atoms with Gasteiger partial charge in [-0.15, -0.1) is 0 Å². The number of carbonyl (C=O) groups excluding carboxylic acids is 1. The van der Waals surface area contributed by atoms with Crippen molar-refractivity contribution < 1.29 is 17.9 Å². The van der Waals surface area contributed by atoms with Crippen LogP contribution < -0.4 is 4.74 Å². The zero-order valence-corrected chi connectivity index (χ0v) is 15.7. The fourth-order valence-corrected chi connectivity index (χ4v) is 5.29. The summed E-state index contributed by atoms with van der Waals surface area (Å²) in [5, 5.41) is 0. The van der Waals surface area contributed by atoms with Crippen molar-refractivity contribution in [1.29, 1.82) is 0 Å². The Hall–Kier alpha value is -1.60. The molecule has 2 aliphatic rings. The van der Waals surface area contributed by atoms with Crippen molar-refractivity contribution in [2.75, 3.05) is 32.5 Å². The number of benzene rings is 1. The molecule has 0 aromatic heterocycles. The Labute approximate surface area is 149 Å². The van der Waals surface area contributed by atoms with E-state index in [9.17, 15) is 13.2 Å². The molecular formula is C18H26N2O4S. The summed E-state index contributed by atoms with van der Waals surface area (Å²) in [5.41, 5.74) is 0.733. The summed E-state index contributed by atoms with van der Waals surface area (Å²) < 4.78 is 31.0. The van der Waals surface area contributed by atoms with Gasteiger partial charge in [0.15, 0.2) is 0 Å². The van der Waals surface area contributed by atoms with Crippen LogP contribution in [0.1, 0.15) is 31.7 Å². The number of hydrogen-bond donors (Lipinski definition) is 0. The van der Waals surface area contributed by atoms with Gasteiger partial charge in [0.2, 0.25) is 15.9 Å². The van der Waals surface area contributed by atoms with E-state index >= 15 is 0 Å². The Balaban J connectivity index is 1.56. The van der Waals surface area contributed by atoms with Crippen LogP contribution in [0.15, 0.2) is 24.3 Å². The van der Waals surface area contributed by atoms with Gasteiger partial charge in [0, 0.05) is 26.2 Å². The minimum atomic E-state index is -3.16. The molecule has 2 heterocycles. The van der Waals surface area contributed by atoms with E-state index < -0.39 is 10.0 Å². The highest BCUT2D eigenvalue weighted by Gasteiger charge is 2.53. The van der Waals surface area contributed by atoms with Crippen molar-refractivity contribution in [3.05, 3.63) is 29.8 Å². The molecule has 1 amide bonds. The van der Waals surface area contributed by atoms with Crippen LogP contribution in [0.5, 0.6) is 5.75 Å². The van der Waals surface area contributed by atoms with Crippen LogP contribution in [-0.4, -0.2) is 56.0 Å². The molecular weight excluding hydrogens is 340 g/mol. The summed E-state index contributed by atoms with van der Waals surface area (Å²) in [6.07, 6.45) is 1.89. The first-order valence-corrected chi connectivity index (χ1v) is 10.4. The molecule has 0 saturated carbocycles. The third kappa shape index (κ3) is 3.53. The molecule has 1 aromatic rings. The maximum Gasteiger partial charge on any atom is 0.231 e. The molecule has 7 heteroatoms. The molecule has 25 heavy (non-hydrogen) atoms. The van der Waals surface area contributed by atoms with Crippen LogP contribution >= 0.6 is 0 Å². The number of likely N-dealkylation sites (tertiary alicyclic amines) is 1. The number of nitrogens with zero attached hydrogens (tertiary/aromatic N) is 2. The summed E-state index contributed by atoms with van der Waals surface area (Å²) in [6.45, 7) is 4.12. The van der Waals surface area contributed by atoms with Crippen molar-refractivity contribution in [3.8, 4) is 5.75 Å². The van der Waals surface area contributed by atoms with E-state index in [0.717, 1.165) is 17.9 Å². The lowest BCUT2D eigenvalue weighted by molar-refractivity contribution is -0.165.